The minimum Gasteiger partial charge on any atom is -0.491 e. The molecule has 1 aromatic rings. The van der Waals surface area contributed by atoms with Crippen molar-refractivity contribution >= 4 is 5.91 Å². The summed E-state index contributed by atoms with van der Waals surface area (Å²) in [5.41, 5.74) is 7.27. The number of amides is 1. The number of hydrogen-bond acceptors (Lipinski definition) is 5. The average molecular weight is 361 g/mol. The van der Waals surface area contributed by atoms with Gasteiger partial charge in [-0.2, -0.15) is 0 Å². The number of hydrogen-bond donors (Lipinski definition) is 1. The molecule has 0 aliphatic carbocycles. The molecule has 6 nitrogen and oxygen atoms in total. The minimum atomic E-state index is 0.0729. The second-order valence-electron chi connectivity index (χ2n) is 7.50. The third kappa shape index (κ3) is 4.55. The quantitative estimate of drug-likeness (QED) is 0.855. The molecule has 0 aromatic heterocycles. The van der Waals surface area contributed by atoms with Gasteiger partial charge in [-0.3, -0.25) is 9.69 Å². The Morgan fingerprint density at radius 2 is 1.85 bits per heavy atom. The second-order valence-corrected chi connectivity index (χ2v) is 7.50. The maximum atomic E-state index is 13.1. The highest BCUT2D eigenvalue weighted by Crippen LogP contribution is 2.24. The van der Waals surface area contributed by atoms with Crippen molar-refractivity contribution in [2.45, 2.75) is 25.8 Å². The van der Waals surface area contributed by atoms with Gasteiger partial charge in [0.05, 0.1) is 5.56 Å². The Labute approximate surface area is 156 Å². The largest absolute Gasteiger partial charge is 0.491 e. The topological polar surface area (TPSA) is 62.0 Å². The summed E-state index contributed by atoms with van der Waals surface area (Å²) in [5.74, 6) is 0.715. The van der Waals surface area contributed by atoms with Gasteiger partial charge in [0.25, 0.3) is 5.91 Å². The molecule has 26 heavy (non-hydrogen) atoms. The van der Waals surface area contributed by atoms with Crippen molar-refractivity contribution in [3.63, 3.8) is 0 Å². The third-order valence-corrected chi connectivity index (χ3v) is 5.55. The van der Waals surface area contributed by atoms with Gasteiger partial charge in [0.1, 0.15) is 12.4 Å². The fraction of sp³-hybridized carbons (Fsp3) is 0.650. The molecule has 2 aliphatic rings. The van der Waals surface area contributed by atoms with Crippen LogP contribution in [0.2, 0.25) is 0 Å². The molecule has 144 valence electrons. The number of aryl methyl sites for hydroxylation is 1. The lowest BCUT2D eigenvalue weighted by Crippen LogP contribution is -2.54. The zero-order valence-electron chi connectivity index (χ0n) is 16.1. The normalized spacial score (nSPS) is 20.3. The molecule has 1 aromatic carbocycles. The average Bonchev–Trinajstić information content (AvgIpc) is 2.67. The molecule has 0 unspecified atom stereocenters. The predicted molar refractivity (Wildman–Crippen MR) is 104 cm³/mol. The van der Waals surface area contributed by atoms with Crippen LogP contribution in [-0.2, 0) is 0 Å². The smallest absolute Gasteiger partial charge is 0.257 e. The van der Waals surface area contributed by atoms with Crippen molar-refractivity contribution in [3.05, 3.63) is 29.3 Å². The Bertz CT molecular complexity index is 606. The van der Waals surface area contributed by atoms with Crippen LogP contribution in [0, 0.1) is 6.92 Å². The first-order valence-electron chi connectivity index (χ1n) is 9.74. The van der Waals surface area contributed by atoms with Gasteiger partial charge in [-0.15, -0.1) is 0 Å². The first-order valence-corrected chi connectivity index (χ1v) is 9.74. The van der Waals surface area contributed by atoms with Crippen LogP contribution in [0.25, 0.3) is 0 Å². The summed E-state index contributed by atoms with van der Waals surface area (Å²) >= 11 is 0. The number of likely N-dealkylation sites (tertiary alicyclic amines) is 1. The summed E-state index contributed by atoms with van der Waals surface area (Å²) in [4.78, 5) is 20.0. The summed E-state index contributed by atoms with van der Waals surface area (Å²) in [6.07, 6.45) is 2.47. The SMILES string of the molecule is Cc1ccc(OCCN)c(C(=O)N2CCN(C3CCN(C)CC3)CC2)c1. The van der Waals surface area contributed by atoms with E-state index in [1.54, 1.807) is 0 Å². The minimum absolute atomic E-state index is 0.0729. The Balaban J connectivity index is 1.61. The standard InChI is InChI=1S/C20H32N4O2/c1-16-3-4-19(26-14-7-21)18(15-16)20(25)24-12-10-23(11-13-24)17-5-8-22(2)9-6-17/h3-4,15,17H,5-14,21H2,1-2H3. The van der Waals surface area contributed by atoms with Crippen molar-refractivity contribution in [2.24, 2.45) is 5.73 Å². The van der Waals surface area contributed by atoms with E-state index < -0.39 is 0 Å². The molecule has 2 aliphatic heterocycles. The van der Waals surface area contributed by atoms with Gasteiger partial charge in [0.15, 0.2) is 0 Å². The highest BCUT2D eigenvalue weighted by Gasteiger charge is 2.29. The molecular weight excluding hydrogens is 328 g/mol. The summed E-state index contributed by atoms with van der Waals surface area (Å²) < 4.78 is 5.69. The van der Waals surface area contributed by atoms with E-state index in [1.807, 2.05) is 30.0 Å². The van der Waals surface area contributed by atoms with Crippen LogP contribution in [0.4, 0.5) is 0 Å². The maximum Gasteiger partial charge on any atom is 0.257 e. The molecule has 2 heterocycles. The van der Waals surface area contributed by atoms with Gasteiger partial charge in [0, 0.05) is 38.8 Å². The van der Waals surface area contributed by atoms with Crippen LogP contribution in [0.1, 0.15) is 28.8 Å². The Hall–Kier alpha value is -1.63. The predicted octanol–water partition coefficient (Wildman–Crippen LogP) is 1.18. The molecule has 2 fully saturated rings. The second kappa shape index (κ2) is 8.84. The Morgan fingerprint density at radius 1 is 1.15 bits per heavy atom. The number of benzene rings is 1. The lowest BCUT2D eigenvalue weighted by atomic mass is 10.0. The fourth-order valence-corrected chi connectivity index (χ4v) is 3.93. The Morgan fingerprint density at radius 3 is 2.50 bits per heavy atom. The van der Waals surface area contributed by atoms with Crippen LogP contribution >= 0.6 is 0 Å². The molecule has 1 amide bonds. The van der Waals surface area contributed by atoms with E-state index in [0.29, 0.717) is 30.5 Å². The lowest BCUT2D eigenvalue weighted by Gasteiger charge is -2.42. The first-order chi connectivity index (χ1) is 12.6. The molecular formula is C20H32N4O2. The first kappa shape index (κ1) is 19.1. The number of nitrogens with zero attached hydrogens (tertiary/aromatic N) is 3. The summed E-state index contributed by atoms with van der Waals surface area (Å²) in [7, 11) is 2.19. The van der Waals surface area contributed by atoms with Crippen LogP contribution in [0.15, 0.2) is 18.2 Å². The van der Waals surface area contributed by atoms with Gasteiger partial charge in [-0.25, -0.2) is 0 Å². The molecule has 0 radical (unpaired) electrons. The number of carbonyl (C=O) groups is 1. The summed E-state index contributed by atoms with van der Waals surface area (Å²) in [6, 6.07) is 6.46. The van der Waals surface area contributed by atoms with Gasteiger partial charge in [-0.05, 0) is 52.0 Å². The van der Waals surface area contributed by atoms with E-state index in [4.69, 9.17) is 10.5 Å². The van der Waals surface area contributed by atoms with E-state index in [9.17, 15) is 4.79 Å². The summed E-state index contributed by atoms with van der Waals surface area (Å²) in [5, 5.41) is 0. The number of nitrogens with two attached hydrogens (primary N) is 1. The number of carbonyl (C=O) groups excluding carboxylic acids is 1. The van der Waals surface area contributed by atoms with Gasteiger partial charge in [0.2, 0.25) is 0 Å². The fourth-order valence-electron chi connectivity index (χ4n) is 3.93. The molecule has 6 heteroatoms. The number of rotatable bonds is 5. The summed E-state index contributed by atoms with van der Waals surface area (Å²) in [6.45, 7) is 8.72. The zero-order chi connectivity index (χ0) is 18.5. The van der Waals surface area contributed by atoms with Crippen molar-refractivity contribution in [1.82, 2.24) is 14.7 Å². The zero-order valence-corrected chi connectivity index (χ0v) is 16.1. The number of piperidine rings is 1. The molecule has 2 saturated heterocycles. The molecule has 3 rings (SSSR count). The maximum absolute atomic E-state index is 13.1. The van der Waals surface area contributed by atoms with Crippen molar-refractivity contribution < 1.29 is 9.53 Å². The highest BCUT2D eigenvalue weighted by molar-refractivity contribution is 5.97. The van der Waals surface area contributed by atoms with Crippen molar-refractivity contribution in [1.29, 1.82) is 0 Å². The van der Waals surface area contributed by atoms with Gasteiger partial charge in [-0.1, -0.05) is 11.6 Å². The molecule has 0 bridgehead atoms. The van der Waals surface area contributed by atoms with E-state index >= 15 is 0 Å². The van der Waals surface area contributed by atoms with E-state index in [1.165, 1.54) is 25.9 Å². The monoisotopic (exact) mass is 360 g/mol. The van der Waals surface area contributed by atoms with Gasteiger partial charge < -0.3 is 20.3 Å². The van der Waals surface area contributed by atoms with E-state index in [0.717, 1.165) is 31.7 Å². The molecule has 0 spiro atoms. The highest BCUT2D eigenvalue weighted by atomic mass is 16.5. The van der Waals surface area contributed by atoms with E-state index in [2.05, 4.69) is 16.8 Å². The molecule has 0 atom stereocenters. The Kier molecular flexibility index (Phi) is 6.51. The van der Waals surface area contributed by atoms with E-state index in [-0.39, 0.29) is 5.91 Å². The molecule has 2 N–H and O–H groups in total. The molecule has 0 saturated carbocycles. The van der Waals surface area contributed by atoms with Crippen molar-refractivity contribution in [3.8, 4) is 5.75 Å². The van der Waals surface area contributed by atoms with Crippen LogP contribution in [0.5, 0.6) is 5.75 Å². The third-order valence-electron chi connectivity index (χ3n) is 5.55. The van der Waals surface area contributed by atoms with Crippen LogP contribution in [0.3, 0.4) is 0 Å². The van der Waals surface area contributed by atoms with Gasteiger partial charge >= 0.3 is 0 Å². The lowest BCUT2D eigenvalue weighted by molar-refractivity contribution is 0.0472. The number of ether oxygens (including phenoxy) is 1. The number of piperazine rings is 1. The van der Waals surface area contributed by atoms with Crippen molar-refractivity contribution in [2.75, 3.05) is 59.5 Å². The van der Waals surface area contributed by atoms with Crippen LogP contribution < -0.4 is 10.5 Å². The van der Waals surface area contributed by atoms with Crippen LogP contribution in [-0.4, -0.2) is 86.1 Å².